The zero-order valence-corrected chi connectivity index (χ0v) is 23.7. The number of anilines is 1. The summed E-state index contributed by atoms with van der Waals surface area (Å²) >= 11 is 0. The van der Waals surface area contributed by atoms with Crippen LogP contribution in [0.4, 0.5) is 5.69 Å². The van der Waals surface area contributed by atoms with Crippen molar-refractivity contribution in [2.24, 2.45) is 0 Å². The molecule has 3 aromatic rings. The predicted octanol–water partition coefficient (Wildman–Crippen LogP) is 3.76. The van der Waals surface area contributed by atoms with E-state index < -0.39 is 28.5 Å². The van der Waals surface area contributed by atoms with E-state index >= 15 is 0 Å². The fraction of sp³-hybridized carbons (Fsp3) is 0.310. The van der Waals surface area contributed by atoms with Crippen LogP contribution in [0.1, 0.15) is 24.5 Å². The number of likely N-dealkylation sites (N-methyl/N-ethyl adjacent to an activating group) is 1. The number of ether oxygens (including phenoxy) is 2. The average Bonchev–Trinajstić information content (AvgIpc) is 2.95. The maximum absolute atomic E-state index is 14.0. The first kappa shape index (κ1) is 29.5. The Hall–Kier alpha value is -4.05. The lowest BCUT2D eigenvalue weighted by molar-refractivity contribution is -0.140. The van der Waals surface area contributed by atoms with Crippen LogP contribution < -0.4 is 19.1 Å². The van der Waals surface area contributed by atoms with E-state index in [1.54, 1.807) is 68.6 Å². The van der Waals surface area contributed by atoms with E-state index in [0.717, 1.165) is 15.4 Å². The number of methoxy groups -OCH3 is 2. The van der Waals surface area contributed by atoms with Gasteiger partial charge in [-0.25, -0.2) is 8.42 Å². The molecule has 0 fully saturated rings. The van der Waals surface area contributed by atoms with E-state index in [4.69, 9.17) is 9.47 Å². The molecule has 0 saturated heterocycles. The molecule has 0 spiro atoms. The number of carbonyl (C=O) groups is 2. The second-order valence-corrected chi connectivity index (χ2v) is 10.8. The van der Waals surface area contributed by atoms with Crippen molar-refractivity contribution in [3.05, 3.63) is 83.9 Å². The van der Waals surface area contributed by atoms with Crippen LogP contribution in [0.25, 0.3) is 0 Å². The van der Waals surface area contributed by atoms with Gasteiger partial charge in [0.1, 0.15) is 24.1 Å². The number of hydrogen-bond donors (Lipinski definition) is 1. The Morgan fingerprint density at radius 3 is 2.26 bits per heavy atom. The molecular weight excluding hydrogens is 518 g/mol. The molecule has 1 N–H and O–H groups in total. The summed E-state index contributed by atoms with van der Waals surface area (Å²) in [5.41, 5.74) is 1.84. The van der Waals surface area contributed by atoms with Crippen LogP contribution in [0, 0.1) is 6.92 Å². The molecule has 0 aliphatic heterocycles. The first-order valence-electron chi connectivity index (χ1n) is 12.5. The maximum atomic E-state index is 14.0. The van der Waals surface area contributed by atoms with Gasteiger partial charge < -0.3 is 19.7 Å². The second-order valence-electron chi connectivity index (χ2n) is 8.91. The van der Waals surface area contributed by atoms with Gasteiger partial charge in [-0.1, -0.05) is 48.9 Å². The topological polar surface area (TPSA) is 105 Å². The number of benzene rings is 3. The Labute approximate surface area is 230 Å². The van der Waals surface area contributed by atoms with Gasteiger partial charge in [0.15, 0.2) is 0 Å². The number of amides is 2. The van der Waals surface area contributed by atoms with Crippen molar-refractivity contribution >= 4 is 27.5 Å². The van der Waals surface area contributed by atoms with E-state index in [9.17, 15) is 18.0 Å². The highest BCUT2D eigenvalue weighted by molar-refractivity contribution is 7.92. The van der Waals surface area contributed by atoms with Crippen molar-refractivity contribution in [1.29, 1.82) is 0 Å². The number of nitrogens with zero attached hydrogens (tertiary/aromatic N) is 2. The SMILES string of the molecule is CC[C@@H](C(=O)NC)N(Cc1cccc(OC)c1)C(=O)CN(c1ccccc1OC)S(=O)(=O)c1ccc(C)cc1. The van der Waals surface area contributed by atoms with Crippen LogP contribution in [-0.4, -0.2) is 59.0 Å². The highest BCUT2D eigenvalue weighted by Gasteiger charge is 2.34. The minimum atomic E-state index is -4.19. The first-order chi connectivity index (χ1) is 18.7. The Bertz CT molecular complexity index is 1390. The van der Waals surface area contributed by atoms with Gasteiger partial charge in [0.25, 0.3) is 10.0 Å². The minimum absolute atomic E-state index is 0.0319. The fourth-order valence-electron chi connectivity index (χ4n) is 4.24. The third kappa shape index (κ3) is 6.88. The zero-order chi connectivity index (χ0) is 28.6. The summed E-state index contributed by atoms with van der Waals surface area (Å²) in [6, 6.07) is 19.4. The summed E-state index contributed by atoms with van der Waals surface area (Å²) in [5.74, 6) is -0.00185. The number of hydrogen-bond acceptors (Lipinski definition) is 6. The van der Waals surface area contributed by atoms with E-state index in [-0.39, 0.29) is 23.0 Å². The molecule has 9 nitrogen and oxygen atoms in total. The summed E-state index contributed by atoms with van der Waals surface area (Å²) in [5, 5.41) is 2.61. The zero-order valence-electron chi connectivity index (χ0n) is 22.9. The van der Waals surface area contributed by atoms with Gasteiger partial charge in [0.2, 0.25) is 11.8 Å². The van der Waals surface area contributed by atoms with Crippen LogP contribution in [-0.2, 0) is 26.2 Å². The molecule has 208 valence electrons. The molecule has 0 saturated carbocycles. The normalized spacial score (nSPS) is 11.8. The van der Waals surface area contributed by atoms with Gasteiger partial charge in [0, 0.05) is 13.6 Å². The largest absolute Gasteiger partial charge is 0.497 e. The molecule has 3 rings (SSSR count). The third-order valence-corrected chi connectivity index (χ3v) is 8.14. The molecule has 0 heterocycles. The first-order valence-corrected chi connectivity index (χ1v) is 14.0. The third-order valence-electron chi connectivity index (χ3n) is 6.36. The lowest BCUT2D eigenvalue weighted by Gasteiger charge is -2.33. The van der Waals surface area contributed by atoms with E-state index in [0.29, 0.717) is 17.9 Å². The number of nitrogens with one attached hydrogen (secondary N) is 1. The fourth-order valence-corrected chi connectivity index (χ4v) is 5.66. The molecular formula is C29H35N3O6S. The van der Waals surface area contributed by atoms with E-state index in [2.05, 4.69) is 5.32 Å². The van der Waals surface area contributed by atoms with Gasteiger partial charge in [-0.15, -0.1) is 0 Å². The Morgan fingerprint density at radius 1 is 0.949 bits per heavy atom. The monoisotopic (exact) mass is 553 g/mol. The van der Waals surface area contributed by atoms with Crippen molar-refractivity contribution in [2.45, 2.75) is 37.8 Å². The molecule has 1 atom stereocenters. The van der Waals surface area contributed by atoms with Crippen LogP contribution in [0.15, 0.2) is 77.7 Å². The molecule has 3 aromatic carbocycles. The molecule has 0 unspecified atom stereocenters. The number of carbonyl (C=O) groups excluding carboxylic acids is 2. The van der Waals surface area contributed by atoms with Gasteiger partial charge in [-0.3, -0.25) is 13.9 Å². The van der Waals surface area contributed by atoms with Crippen molar-refractivity contribution in [1.82, 2.24) is 10.2 Å². The maximum Gasteiger partial charge on any atom is 0.264 e. The van der Waals surface area contributed by atoms with E-state index in [1.807, 2.05) is 13.0 Å². The van der Waals surface area contributed by atoms with Gasteiger partial charge >= 0.3 is 0 Å². The number of rotatable bonds is 12. The summed E-state index contributed by atoms with van der Waals surface area (Å²) in [6.45, 7) is 3.19. The molecule has 0 aliphatic rings. The number of para-hydroxylation sites is 2. The lowest BCUT2D eigenvalue weighted by Crippen LogP contribution is -2.51. The summed E-state index contributed by atoms with van der Waals surface area (Å²) in [4.78, 5) is 28.3. The smallest absolute Gasteiger partial charge is 0.264 e. The average molecular weight is 554 g/mol. The highest BCUT2D eigenvalue weighted by atomic mass is 32.2. The molecule has 2 amide bonds. The van der Waals surface area contributed by atoms with Crippen molar-refractivity contribution < 1.29 is 27.5 Å². The summed E-state index contributed by atoms with van der Waals surface area (Å²) in [7, 11) is 0.293. The molecule has 0 aliphatic carbocycles. The number of aryl methyl sites for hydroxylation is 1. The summed E-state index contributed by atoms with van der Waals surface area (Å²) < 4.78 is 39.7. The lowest BCUT2D eigenvalue weighted by atomic mass is 10.1. The molecule has 39 heavy (non-hydrogen) atoms. The highest BCUT2D eigenvalue weighted by Crippen LogP contribution is 2.32. The Kier molecular flexibility index (Phi) is 9.95. The van der Waals surface area contributed by atoms with Crippen molar-refractivity contribution in [3.63, 3.8) is 0 Å². The minimum Gasteiger partial charge on any atom is -0.497 e. The standard InChI is InChI=1S/C29H35N3O6S/c1-6-25(29(34)30-3)31(19-22-10-9-11-23(18-22)37-4)28(33)20-32(26-12-7-8-13-27(26)38-5)39(35,36)24-16-14-21(2)15-17-24/h7-18,25H,6,19-20H2,1-5H3,(H,30,34)/t25-/m0/s1. The van der Waals surface area contributed by atoms with Crippen LogP contribution in [0.2, 0.25) is 0 Å². The van der Waals surface area contributed by atoms with Gasteiger partial charge in [-0.2, -0.15) is 0 Å². The van der Waals surface area contributed by atoms with Crippen molar-refractivity contribution in [2.75, 3.05) is 32.1 Å². The predicted molar refractivity (Wildman–Crippen MR) is 150 cm³/mol. The molecule has 0 bridgehead atoms. The van der Waals surface area contributed by atoms with Gasteiger partial charge in [0.05, 0.1) is 24.8 Å². The van der Waals surface area contributed by atoms with Crippen LogP contribution in [0.5, 0.6) is 11.5 Å². The molecule has 0 radical (unpaired) electrons. The second kappa shape index (κ2) is 13.1. The Morgan fingerprint density at radius 2 is 1.64 bits per heavy atom. The summed E-state index contributed by atoms with van der Waals surface area (Å²) in [6.07, 6.45) is 0.328. The van der Waals surface area contributed by atoms with E-state index in [1.165, 1.54) is 31.2 Å². The van der Waals surface area contributed by atoms with Gasteiger partial charge in [-0.05, 0) is 55.3 Å². The quantitative estimate of drug-likeness (QED) is 0.366. The number of sulfonamides is 1. The molecule has 0 aromatic heterocycles. The van der Waals surface area contributed by atoms with Crippen LogP contribution >= 0.6 is 0 Å². The van der Waals surface area contributed by atoms with Crippen molar-refractivity contribution in [3.8, 4) is 11.5 Å². The van der Waals surface area contributed by atoms with Crippen LogP contribution in [0.3, 0.4) is 0 Å². The molecule has 10 heteroatoms. The Balaban J connectivity index is 2.10.